The van der Waals surface area contributed by atoms with Gasteiger partial charge in [-0.05, 0) is 56.4 Å². The molecule has 0 radical (unpaired) electrons. The molecule has 2 heteroatoms. The van der Waals surface area contributed by atoms with Crippen LogP contribution in [0.15, 0.2) is 0 Å². The average molecular weight is 214 g/mol. The minimum absolute atomic E-state index is 0.697. The van der Waals surface area contributed by atoms with Crippen LogP contribution in [0.2, 0.25) is 0 Å². The molecule has 1 spiro atoms. The second kappa shape index (κ2) is 3.38. The zero-order valence-corrected chi connectivity index (χ0v) is 9.60. The molecule has 0 unspecified atom stereocenters. The third kappa shape index (κ3) is 1.59. The van der Waals surface area contributed by atoms with Crippen LogP contribution in [0.25, 0.3) is 0 Å². The van der Waals surface area contributed by atoms with Crippen LogP contribution in [0, 0.1) is 11.3 Å². The van der Waals surface area contributed by atoms with E-state index in [1.54, 1.807) is 0 Å². The maximum absolute atomic E-state index is 5.97. The van der Waals surface area contributed by atoms with E-state index in [4.69, 9.17) is 11.6 Å². The number of halogens is 1. The highest BCUT2D eigenvalue weighted by atomic mass is 35.5. The molecular weight excluding hydrogens is 194 g/mol. The fourth-order valence-corrected chi connectivity index (χ4v) is 3.81. The summed E-state index contributed by atoms with van der Waals surface area (Å²) in [6, 6.07) is 0.976. The number of rotatable bonds is 2. The maximum atomic E-state index is 5.97. The predicted octanol–water partition coefficient (Wildman–Crippen LogP) is 2.88. The largest absolute Gasteiger partial charge is 0.300 e. The quantitative estimate of drug-likeness (QED) is 0.638. The third-order valence-corrected chi connectivity index (χ3v) is 4.99. The van der Waals surface area contributed by atoms with Gasteiger partial charge in [0.05, 0.1) is 0 Å². The lowest BCUT2D eigenvalue weighted by atomic mass is 9.85. The van der Waals surface area contributed by atoms with Crippen molar-refractivity contribution in [3.05, 3.63) is 0 Å². The van der Waals surface area contributed by atoms with Crippen LogP contribution in [0.3, 0.4) is 0 Å². The summed E-state index contributed by atoms with van der Waals surface area (Å²) in [6.07, 6.45) is 8.65. The SMILES string of the molecule is ClC[C@H]1CC[C@]2(CCN(C3CC3)C2)C1. The van der Waals surface area contributed by atoms with E-state index in [0.29, 0.717) is 5.41 Å². The van der Waals surface area contributed by atoms with Crippen LogP contribution >= 0.6 is 11.6 Å². The van der Waals surface area contributed by atoms with Crippen LogP contribution in [0.4, 0.5) is 0 Å². The summed E-state index contributed by atoms with van der Waals surface area (Å²) in [5.41, 5.74) is 0.697. The summed E-state index contributed by atoms with van der Waals surface area (Å²) >= 11 is 5.97. The molecule has 0 aromatic rings. The molecule has 3 fully saturated rings. The van der Waals surface area contributed by atoms with Gasteiger partial charge in [0.15, 0.2) is 0 Å². The highest BCUT2D eigenvalue weighted by Crippen LogP contribution is 2.50. The number of nitrogens with zero attached hydrogens (tertiary/aromatic N) is 1. The molecule has 2 saturated carbocycles. The number of likely N-dealkylation sites (tertiary alicyclic amines) is 1. The topological polar surface area (TPSA) is 3.24 Å². The van der Waals surface area contributed by atoms with E-state index in [1.165, 1.54) is 51.6 Å². The Morgan fingerprint density at radius 3 is 2.71 bits per heavy atom. The highest BCUT2D eigenvalue weighted by Gasteiger charge is 2.46. The number of alkyl halides is 1. The zero-order valence-electron chi connectivity index (χ0n) is 8.84. The molecule has 14 heavy (non-hydrogen) atoms. The Morgan fingerprint density at radius 2 is 2.07 bits per heavy atom. The van der Waals surface area contributed by atoms with Gasteiger partial charge in [-0.25, -0.2) is 0 Å². The minimum Gasteiger partial charge on any atom is -0.300 e. The molecule has 2 atom stereocenters. The van der Waals surface area contributed by atoms with Gasteiger partial charge in [0.2, 0.25) is 0 Å². The van der Waals surface area contributed by atoms with Crippen molar-refractivity contribution in [2.75, 3.05) is 19.0 Å². The van der Waals surface area contributed by atoms with Crippen LogP contribution in [-0.2, 0) is 0 Å². The van der Waals surface area contributed by atoms with Gasteiger partial charge in [0.1, 0.15) is 0 Å². The lowest BCUT2D eigenvalue weighted by molar-refractivity contribution is 0.250. The van der Waals surface area contributed by atoms with E-state index in [0.717, 1.165) is 17.8 Å². The first-order valence-corrected chi connectivity index (χ1v) is 6.65. The molecular formula is C12H20ClN. The first kappa shape index (κ1) is 9.47. The van der Waals surface area contributed by atoms with Crippen molar-refractivity contribution in [2.45, 2.75) is 44.6 Å². The van der Waals surface area contributed by atoms with Gasteiger partial charge in [0, 0.05) is 18.5 Å². The molecule has 2 aliphatic carbocycles. The lowest BCUT2D eigenvalue weighted by Crippen LogP contribution is -2.27. The summed E-state index contributed by atoms with van der Waals surface area (Å²) in [7, 11) is 0. The van der Waals surface area contributed by atoms with Crippen molar-refractivity contribution in [3.8, 4) is 0 Å². The van der Waals surface area contributed by atoms with Crippen LogP contribution in [0.1, 0.15) is 38.5 Å². The van der Waals surface area contributed by atoms with Gasteiger partial charge in [-0.1, -0.05) is 0 Å². The Morgan fingerprint density at radius 1 is 1.21 bits per heavy atom. The van der Waals surface area contributed by atoms with Gasteiger partial charge in [-0.2, -0.15) is 0 Å². The fourth-order valence-electron chi connectivity index (χ4n) is 3.55. The minimum atomic E-state index is 0.697. The van der Waals surface area contributed by atoms with Crippen molar-refractivity contribution in [1.29, 1.82) is 0 Å². The second-order valence-electron chi connectivity index (χ2n) is 5.71. The second-order valence-corrected chi connectivity index (χ2v) is 6.02. The third-order valence-electron chi connectivity index (χ3n) is 4.55. The Balaban J connectivity index is 1.63. The molecule has 0 N–H and O–H groups in total. The Kier molecular flexibility index (Phi) is 2.29. The molecule has 0 amide bonds. The fraction of sp³-hybridized carbons (Fsp3) is 1.00. The molecule has 0 aromatic carbocycles. The van der Waals surface area contributed by atoms with Crippen molar-refractivity contribution < 1.29 is 0 Å². The maximum Gasteiger partial charge on any atom is 0.0251 e. The van der Waals surface area contributed by atoms with Crippen LogP contribution in [-0.4, -0.2) is 29.9 Å². The Bertz CT molecular complexity index is 226. The standard InChI is InChI=1S/C12H20ClN/c13-8-10-3-4-12(7-10)5-6-14(9-12)11-1-2-11/h10-11H,1-9H2/t10-,12-/m0/s1. The van der Waals surface area contributed by atoms with Crippen molar-refractivity contribution in [3.63, 3.8) is 0 Å². The molecule has 3 aliphatic rings. The van der Waals surface area contributed by atoms with Crippen molar-refractivity contribution >= 4 is 11.6 Å². The van der Waals surface area contributed by atoms with E-state index < -0.39 is 0 Å². The van der Waals surface area contributed by atoms with E-state index in [2.05, 4.69) is 4.90 Å². The van der Waals surface area contributed by atoms with Gasteiger partial charge in [0.25, 0.3) is 0 Å². The molecule has 1 heterocycles. The van der Waals surface area contributed by atoms with E-state index in [1.807, 2.05) is 0 Å². The monoisotopic (exact) mass is 213 g/mol. The van der Waals surface area contributed by atoms with E-state index in [9.17, 15) is 0 Å². The van der Waals surface area contributed by atoms with Crippen LogP contribution in [0.5, 0.6) is 0 Å². The highest BCUT2D eigenvalue weighted by molar-refractivity contribution is 6.18. The van der Waals surface area contributed by atoms with Gasteiger partial charge in [-0.15, -0.1) is 11.6 Å². The van der Waals surface area contributed by atoms with Gasteiger partial charge in [-0.3, -0.25) is 4.90 Å². The Labute approximate surface area is 91.8 Å². The molecule has 1 saturated heterocycles. The molecule has 0 bridgehead atoms. The first-order valence-electron chi connectivity index (χ1n) is 6.11. The molecule has 1 nitrogen and oxygen atoms in total. The molecule has 1 aliphatic heterocycles. The first-order chi connectivity index (χ1) is 6.81. The summed E-state index contributed by atoms with van der Waals surface area (Å²) in [4.78, 5) is 2.75. The van der Waals surface area contributed by atoms with Gasteiger partial charge < -0.3 is 0 Å². The smallest absolute Gasteiger partial charge is 0.0251 e. The summed E-state index contributed by atoms with van der Waals surface area (Å²) in [5, 5.41) is 0. The zero-order chi connectivity index (χ0) is 9.60. The number of hydrogen-bond acceptors (Lipinski definition) is 1. The number of hydrogen-bond donors (Lipinski definition) is 0. The van der Waals surface area contributed by atoms with Crippen molar-refractivity contribution in [2.24, 2.45) is 11.3 Å². The summed E-state index contributed by atoms with van der Waals surface area (Å²) < 4.78 is 0. The molecule has 0 aromatic heterocycles. The van der Waals surface area contributed by atoms with E-state index >= 15 is 0 Å². The van der Waals surface area contributed by atoms with Gasteiger partial charge >= 0.3 is 0 Å². The Hall–Kier alpha value is 0.250. The average Bonchev–Trinajstić information content (AvgIpc) is 2.87. The molecule has 80 valence electrons. The molecule has 3 rings (SSSR count). The van der Waals surface area contributed by atoms with Crippen LogP contribution < -0.4 is 0 Å². The van der Waals surface area contributed by atoms with E-state index in [-0.39, 0.29) is 0 Å². The summed E-state index contributed by atoms with van der Waals surface area (Å²) in [5.74, 6) is 1.72. The predicted molar refractivity (Wildman–Crippen MR) is 59.7 cm³/mol. The normalized spacial score (nSPS) is 43.9. The lowest BCUT2D eigenvalue weighted by Gasteiger charge is -2.24. The summed E-state index contributed by atoms with van der Waals surface area (Å²) in [6.45, 7) is 2.77. The van der Waals surface area contributed by atoms with Crippen molar-refractivity contribution in [1.82, 2.24) is 4.90 Å².